The Labute approximate surface area is 202 Å². The van der Waals surface area contributed by atoms with Crippen LogP contribution in [0.15, 0.2) is 54.7 Å². The third-order valence-electron chi connectivity index (χ3n) is 6.24. The van der Waals surface area contributed by atoms with E-state index in [-0.39, 0.29) is 0 Å². The van der Waals surface area contributed by atoms with Crippen LogP contribution in [-0.2, 0) is 17.6 Å². The zero-order valence-electron chi connectivity index (χ0n) is 19.2. The highest BCUT2D eigenvalue weighted by atomic mass is 32.1. The molecule has 2 aromatic heterocycles. The van der Waals surface area contributed by atoms with Crippen LogP contribution in [0.3, 0.4) is 0 Å². The van der Waals surface area contributed by atoms with Gasteiger partial charge in [-0.1, -0.05) is 0 Å². The van der Waals surface area contributed by atoms with Crippen molar-refractivity contribution < 1.29 is 19.4 Å². The molecule has 2 heterocycles. The standard InChI is InChI=1S/C27H28N2O4S/c1-18(27(30)31)29-14-13-20-17-22(11-12-24(20)29)33-16-4-15-32-21-9-7-19(8-10-21)26-28-23-5-2-3-6-25(23)34-26/h7-14,17-18H,2-6,15-16H2,1H3,(H,30,31)/t18-/m1/s1. The van der Waals surface area contributed by atoms with Crippen LogP contribution in [-0.4, -0.2) is 33.8 Å². The van der Waals surface area contributed by atoms with Gasteiger partial charge in [-0.2, -0.15) is 0 Å². The lowest BCUT2D eigenvalue weighted by molar-refractivity contribution is -0.140. The Kier molecular flexibility index (Phi) is 6.54. The van der Waals surface area contributed by atoms with Gasteiger partial charge >= 0.3 is 5.97 Å². The zero-order chi connectivity index (χ0) is 23.5. The van der Waals surface area contributed by atoms with Crippen molar-refractivity contribution in [2.45, 2.75) is 45.1 Å². The quantitative estimate of drug-likeness (QED) is 0.294. The first-order valence-corrected chi connectivity index (χ1v) is 12.6. The number of thiazole rings is 1. The number of carbonyl (C=O) groups is 1. The fraction of sp³-hybridized carbons (Fsp3) is 0.333. The summed E-state index contributed by atoms with van der Waals surface area (Å²) in [6, 6.07) is 15.2. The summed E-state index contributed by atoms with van der Waals surface area (Å²) < 4.78 is 13.5. The van der Waals surface area contributed by atoms with Gasteiger partial charge in [-0.15, -0.1) is 11.3 Å². The maximum Gasteiger partial charge on any atom is 0.326 e. The van der Waals surface area contributed by atoms with Crippen LogP contribution in [0.5, 0.6) is 11.5 Å². The van der Waals surface area contributed by atoms with Gasteiger partial charge in [0.15, 0.2) is 0 Å². The van der Waals surface area contributed by atoms with Crippen LogP contribution in [0, 0.1) is 0 Å². The van der Waals surface area contributed by atoms with Crippen molar-refractivity contribution in [1.82, 2.24) is 9.55 Å². The largest absolute Gasteiger partial charge is 0.493 e. The van der Waals surface area contributed by atoms with Gasteiger partial charge in [0, 0.05) is 34.0 Å². The van der Waals surface area contributed by atoms with E-state index in [2.05, 4.69) is 12.1 Å². The number of carboxylic acid groups (broad SMARTS) is 1. The Morgan fingerprint density at radius 2 is 1.79 bits per heavy atom. The molecule has 0 saturated heterocycles. The summed E-state index contributed by atoms with van der Waals surface area (Å²) in [5.41, 5.74) is 3.32. The number of nitrogens with zero attached hydrogens (tertiary/aromatic N) is 2. The highest BCUT2D eigenvalue weighted by Gasteiger charge is 2.16. The van der Waals surface area contributed by atoms with Gasteiger partial charge in [0.1, 0.15) is 22.5 Å². The van der Waals surface area contributed by atoms with E-state index in [0.29, 0.717) is 13.2 Å². The fourth-order valence-electron chi connectivity index (χ4n) is 4.30. The average Bonchev–Trinajstić information content (AvgIpc) is 3.48. The minimum Gasteiger partial charge on any atom is -0.493 e. The molecule has 0 fully saturated rings. The molecule has 6 nitrogen and oxygen atoms in total. The molecular weight excluding hydrogens is 448 g/mol. The molecule has 1 N–H and O–H groups in total. The first-order chi connectivity index (χ1) is 16.6. The summed E-state index contributed by atoms with van der Waals surface area (Å²) in [6.07, 6.45) is 7.37. The van der Waals surface area contributed by atoms with E-state index >= 15 is 0 Å². The predicted molar refractivity (Wildman–Crippen MR) is 134 cm³/mol. The summed E-state index contributed by atoms with van der Waals surface area (Å²) in [7, 11) is 0. The lowest BCUT2D eigenvalue weighted by atomic mass is 10.0. The Bertz CT molecular complexity index is 1270. The molecule has 4 aromatic rings. The van der Waals surface area contributed by atoms with Gasteiger partial charge < -0.3 is 19.1 Å². The molecule has 0 bridgehead atoms. The topological polar surface area (TPSA) is 73.6 Å². The molecule has 0 aliphatic heterocycles. The Morgan fingerprint density at radius 1 is 1.06 bits per heavy atom. The third-order valence-corrected chi connectivity index (χ3v) is 7.45. The molecule has 5 rings (SSSR count). The first-order valence-electron chi connectivity index (χ1n) is 11.8. The van der Waals surface area contributed by atoms with Crippen molar-refractivity contribution in [3.8, 4) is 22.1 Å². The van der Waals surface area contributed by atoms with Crippen LogP contribution in [0.1, 0.15) is 42.8 Å². The van der Waals surface area contributed by atoms with Gasteiger partial charge in [0.05, 0.1) is 18.9 Å². The van der Waals surface area contributed by atoms with Gasteiger partial charge in [-0.05, 0) is 81.1 Å². The second-order valence-electron chi connectivity index (χ2n) is 8.63. The monoisotopic (exact) mass is 476 g/mol. The van der Waals surface area contributed by atoms with Crippen molar-refractivity contribution in [3.63, 3.8) is 0 Å². The number of hydrogen-bond donors (Lipinski definition) is 1. The number of aryl methyl sites for hydroxylation is 2. The molecule has 1 aliphatic rings. The van der Waals surface area contributed by atoms with E-state index < -0.39 is 12.0 Å². The zero-order valence-corrected chi connectivity index (χ0v) is 20.0. The summed E-state index contributed by atoms with van der Waals surface area (Å²) in [6.45, 7) is 2.78. The number of rotatable bonds is 9. The molecule has 0 unspecified atom stereocenters. The molecule has 7 heteroatoms. The first kappa shape index (κ1) is 22.5. The van der Waals surface area contributed by atoms with E-state index in [1.54, 1.807) is 17.7 Å². The van der Waals surface area contributed by atoms with Crippen molar-refractivity contribution in [1.29, 1.82) is 0 Å². The smallest absolute Gasteiger partial charge is 0.326 e. The normalized spacial score (nSPS) is 14.0. The van der Waals surface area contributed by atoms with Gasteiger partial charge in [0.25, 0.3) is 0 Å². The fourth-order valence-corrected chi connectivity index (χ4v) is 5.45. The summed E-state index contributed by atoms with van der Waals surface area (Å²) in [5, 5.41) is 11.3. The number of fused-ring (bicyclic) bond motifs is 2. The average molecular weight is 477 g/mol. The minimum atomic E-state index is -0.852. The number of ether oxygens (including phenoxy) is 2. The van der Waals surface area contributed by atoms with Crippen LogP contribution in [0.25, 0.3) is 21.5 Å². The molecular formula is C27H28N2O4S. The molecule has 0 saturated carbocycles. The Balaban J connectivity index is 1.10. The van der Waals surface area contributed by atoms with Gasteiger partial charge in [-0.25, -0.2) is 9.78 Å². The third kappa shape index (κ3) is 4.80. The molecule has 176 valence electrons. The van der Waals surface area contributed by atoms with Crippen LogP contribution in [0.2, 0.25) is 0 Å². The second-order valence-corrected chi connectivity index (χ2v) is 9.71. The Morgan fingerprint density at radius 3 is 2.56 bits per heavy atom. The number of carboxylic acids is 1. The molecule has 0 radical (unpaired) electrons. The molecule has 2 aromatic carbocycles. The lowest BCUT2D eigenvalue weighted by Gasteiger charge is -2.11. The van der Waals surface area contributed by atoms with Crippen LogP contribution >= 0.6 is 11.3 Å². The van der Waals surface area contributed by atoms with Crippen LogP contribution in [0.4, 0.5) is 0 Å². The predicted octanol–water partition coefficient (Wildman–Crippen LogP) is 6.14. The SMILES string of the molecule is C[C@H](C(=O)O)n1ccc2cc(OCCCOc3ccc(-c4nc5c(s4)CCCC5)cc3)ccc21. The van der Waals surface area contributed by atoms with Crippen molar-refractivity contribution in [2.75, 3.05) is 13.2 Å². The summed E-state index contributed by atoms with van der Waals surface area (Å²) in [4.78, 5) is 17.6. The summed E-state index contributed by atoms with van der Waals surface area (Å²) >= 11 is 1.83. The molecule has 1 atom stereocenters. The van der Waals surface area contributed by atoms with Crippen molar-refractivity contribution >= 4 is 28.2 Å². The minimum absolute atomic E-state index is 0.542. The molecule has 0 spiro atoms. The number of benzene rings is 2. The van der Waals surface area contributed by atoms with Crippen molar-refractivity contribution in [3.05, 3.63) is 65.3 Å². The number of hydrogen-bond acceptors (Lipinski definition) is 5. The lowest BCUT2D eigenvalue weighted by Crippen LogP contribution is -2.14. The number of aliphatic carboxylic acids is 1. The van der Waals surface area contributed by atoms with Gasteiger partial charge in [0.2, 0.25) is 0 Å². The van der Waals surface area contributed by atoms with Crippen molar-refractivity contribution in [2.24, 2.45) is 0 Å². The Hall–Kier alpha value is -3.32. The van der Waals surface area contributed by atoms with Gasteiger partial charge in [-0.3, -0.25) is 0 Å². The van der Waals surface area contributed by atoms with E-state index in [4.69, 9.17) is 14.5 Å². The maximum absolute atomic E-state index is 11.3. The van der Waals surface area contributed by atoms with E-state index in [9.17, 15) is 9.90 Å². The van der Waals surface area contributed by atoms with E-state index in [1.165, 1.54) is 29.8 Å². The molecule has 0 amide bonds. The molecule has 34 heavy (non-hydrogen) atoms. The van der Waals surface area contributed by atoms with E-state index in [1.807, 2.05) is 47.7 Å². The highest BCUT2D eigenvalue weighted by molar-refractivity contribution is 7.15. The summed E-state index contributed by atoms with van der Waals surface area (Å²) in [5.74, 6) is 0.762. The molecule has 1 aliphatic carbocycles. The highest BCUT2D eigenvalue weighted by Crippen LogP contribution is 2.33. The number of aromatic nitrogens is 2. The van der Waals surface area contributed by atoms with E-state index in [0.717, 1.165) is 45.8 Å². The second kappa shape index (κ2) is 9.89. The maximum atomic E-state index is 11.3. The van der Waals surface area contributed by atoms with Crippen LogP contribution < -0.4 is 9.47 Å².